The van der Waals surface area contributed by atoms with E-state index in [0.29, 0.717) is 22.8 Å². The zero-order chi connectivity index (χ0) is 13.6. The van der Waals surface area contributed by atoms with Gasteiger partial charge in [0.25, 0.3) is 0 Å². The van der Waals surface area contributed by atoms with Crippen LogP contribution in [0, 0.1) is 16.7 Å². The molecule has 1 atom stereocenters. The third-order valence-electron chi connectivity index (χ3n) is 5.11. The maximum Gasteiger partial charge on any atom is 0.137 e. The Morgan fingerprint density at radius 2 is 1.83 bits per heavy atom. The first-order valence-corrected chi connectivity index (χ1v) is 6.52. The monoisotopic (exact) mass is 248 g/mol. The van der Waals surface area contributed by atoms with Gasteiger partial charge < -0.3 is 10.1 Å². The van der Waals surface area contributed by atoms with Gasteiger partial charge in [0.05, 0.1) is 13.3 Å². The minimum absolute atomic E-state index is 0.331. The Labute approximate surface area is 110 Å². The largest absolute Gasteiger partial charge is 0.495 e. The molecule has 0 amide bonds. The molecular weight excluding hydrogens is 224 g/mol. The molecule has 0 spiro atoms. The van der Waals surface area contributed by atoms with Crippen LogP contribution in [0.3, 0.4) is 0 Å². The van der Waals surface area contributed by atoms with Gasteiger partial charge in [-0.25, -0.2) is 0 Å². The highest BCUT2D eigenvalue weighted by atomic mass is 16.5. The Morgan fingerprint density at radius 1 is 1.22 bits per heavy atom. The molecule has 0 aliphatic heterocycles. The van der Waals surface area contributed by atoms with Crippen LogP contribution in [0.5, 0.6) is 5.75 Å². The van der Waals surface area contributed by atoms with E-state index in [0.717, 1.165) is 5.75 Å². The summed E-state index contributed by atoms with van der Waals surface area (Å²) in [7, 11) is 3.70. The molecule has 1 unspecified atom stereocenters. The van der Waals surface area contributed by atoms with E-state index in [2.05, 4.69) is 44.1 Å². The Kier molecular flexibility index (Phi) is 3.14. The molecule has 0 saturated heterocycles. The van der Waals surface area contributed by atoms with Crippen molar-refractivity contribution in [2.75, 3.05) is 14.2 Å². The van der Waals surface area contributed by atoms with E-state index in [1.54, 1.807) is 13.3 Å². The number of nitrogens with one attached hydrogen (secondary N) is 1. The minimum Gasteiger partial charge on any atom is -0.495 e. The molecule has 1 saturated carbocycles. The van der Waals surface area contributed by atoms with Gasteiger partial charge in [-0.1, -0.05) is 27.7 Å². The fourth-order valence-electron chi connectivity index (χ4n) is 3.32. The number of pyridine rings is 1. The first kappa shape index (κ1) is 13.3. The van der Waals surface area contributed by atoms with Crippen LogP contribution < -0.4 is 10.1 Å². The van der Waals surface area contributed by atoms with Gasteiger partial charge in [-0.3, -0.25) is 4.98 Å². The lowest BCUT2D eigenvalue weighted by Gasteiger charge is -2.19. The van der Waals surface area contributed by atoms with Gasteiger partial charge in [0.2, 0.25) is 0 Å². The highest BCUT2D eigenvalue weighted by Crippen LogP contribution is 2.72. The summed E-state index contributed by atoms with van der Waals surface area (Å²) in [5, 5.41) is 3.45. The molecule has 18 heavy (non-hydrogen) atoms. The second-order valence-corrected chi connectivity index (χ2v) is 6.35. The summed E-state index contributed by atoms with van der Waals surface area (Å²) in [5.41, 5.74) is 1.91. The predicted octanol–water partition coefficient (Wildman–Crippen LogP) is 3.03. The van der Waals surface area contributed by atoms with Crippen LogP contribution in [0.15, 0.2) is 18.5 Å². The van der Waals surface area contributed by atoms with Crippen LogP contribution in [0.1, 0.15) is 39.3 Å². The van der Waals surface area contributed by atoms with Gasteiger partial charge in [0.15, 0.2) is 0 Å². The van der Waals surface area contributed by atoms with Crippen LogP contribution in [-0.2, 0) is 0 Å². The summed E-state index contributed by atoms with van der Waals surface area (Å²) in [4.78, 5) is 4.27. The van der Waals surface area contributed by atoms with Crippen LogP contribution in [0.4, 0.5) is 0 Å². The van der Waals surface area contributed by atoms with Crippen LogP contribution >= 0.6 is 0 Å². The second-order valence-electron chi connectivity index (χ2n) is 6.35. The minimum atomic E-state index is 0.331. The summed E-state index contributed by atoms with van der Waals surface area (Å²) in [6.07, 6.45) is 3.69. The van der Waals surface area contributed by atoms with Crippen LogP contribution in [0.2, 0.25) is 0 Å². The summed E-state index contributed by atoms with van der Waals surface area (Å²) < 4.78 is 5.26. The third-order valence-corrected chi connectivity index (χ3v) is 5.11. The van der Waals surface area contributed by atoms with Crippen molar-refractivity contribution in [3.8, 4) is 5.75 Å². The standard InChI is InChI=1S/C15H24N2O/c1-14(2)13(15(14,3)4)12(16-5)10-7-11(18-6)9-17-8-10/h7-9,12-13,16H,1-6H3. The molecule has 1 fully saturated rings. The lowest BCUT2D eigenvalue weighted by Crippen LogP contribution is -2.21. The molecule has 100 valence electrons. The Hall–Kier alpha value is -1.09. The summed E-state index contributed by atoms with van der Waals surface area (Å²) in [6, 6.07) is 2.41. The number of hydrogen-bond acceptors (Lipinski definition) is 3. The summed E-state index contributed by atoms with van der Waals surface area (Å²) in [5.74, 6) is 1.44. The number of hydrogen-bond donors (Lipinski definition) is 1. The van der Waals surface area contributed by atoms with E-state index in [-0.39, 0.29) is 0 Å². The summed E-state index contributed by atoms with van der Waals surface area (Å²) in [6.45, 7) is 9.37. The maximum atomic E-state index is 5.26. The fraction of sp³-hybridized carbons (Fsp3) is 0.667. The van der Waals surface area contributed by atoms with Crippen molar-refractivity contribution in [1.82, 2.24) is 10.3 Å². The highest BCUT2D eigenvalue weighted by molar-refractivity contribution is 5.30. The molecule has 0 aromatic carbocycles. The van der Waals surface area contributed by atoms with E-state index in [1.165, 1.54) is 5.56 Å². The molecule has 1 N–H and O–H groups in total. The van der Waals surface area contributed by atoms with E-state index in [1.807, 2.05) is 13.2 Å². The van der Waals surface area contributed by atoms with Crippen molar-refractivity contribution >= 4 is 0 Å². The smallest absolute Gasteiger partial charge is 0.137 e. The molecule has 1 aromatic rings. The molecular formula is C15H24N2O. The molecule has 1 aliphatic rings. The van der Waals surface area contributed by atoms with Crippen molar-refractivity contribution < 1.29 is 4.74 Å². The molecule has 3 heteroatoms. The van der Waals surface area contributed by atoms with Gasteiger partial charge in [0, 0.05) is 12.2 Å². The van der Waals surface area contributed by atoms with Gasteiger partial charge in [-0.15, -0.1) is 0 Å². The SMILES string of the molecule is CNC(c1cncc(OC)c1)C1C(C)(C)C1(C)C. The number of methoxy groups -OCH3 is 1. The first-order valence-electron chi connectivity index (χ1n) is 6.52. The third kappa shape index (κ3) is 1.81. The average molecular weight is 248 g/mol. The van der Waals surface area contributed by atoms with Crippen LogP contribution in [-0.4, -0.2) is 19.1 Å². The Morgan fingerprint density at radius 3 is 2.28 bits per heavy atom. The van der Waals surface area contributed by atoms with E-state index >= 15 is 0 Å². The average Bonchev–Trinajstić information content (AvgIpc) is 2.73. The fourth-order valence-corrected chi connectivity index (χ4v) is 3.32. The number of aromatic nitrogens is 1. The molecule has 1 heterocycles. The van der Waals surface area contributed by atoms with Gasteiger partial charge in [-0.2, -0.15) is 0 Å². The van der Waals surface area contributed by atoms with Crippen molar-refractivity contribution in [2.24, 2.45) is 16.7 Å². The molecule has 0 radical (unpaired) electrons. The van der Waals surface area contributed by atoms with Crippen molar-refractivity contribution in [1.29, 1.82) is 0 Å². The van der Waals surface area contributed by atoms with Gasteiger partial charge in [0.1, 0.15) is 5.75 Å². The van der Waals surface area contributed by atoms with Gasteiger partial charge in [-0.05, 0) is 35.4 Å². The van der Waals surface area contributed by atoms with Crippen molar-refractivity contribution in [3.05, 3.63) is 24.0 Å². The van der Waals surface area contributed by atoms with E-state index in [9.17, 15) is 0 Å². The molecule has 3 nitrogen and oxygen atoms in total. The predicted molar refractivity (Wildman–Crippen MR) is 73.6 cm³/mol. The summed E-state index contributed by atoms with van der Waals surface area (Å²) >= 11 is 0. The zero-order valence-corrected chi connectivity index (χ0v) is 12.2. The second kappa shape index (κ2) is 4.23. The van der Waals surface area contributed by atoms with Gasteiger partial charge >= 0.3 is 0 Å². The normalized spacial score (nSPS) is 22.6. The van der Waals surface area contributed by atoms with Crippen LogP contribution in [0.25, 0.3) is 0 Å². The van der Waals surface area contributed by atoms with Crippen molar-refractivity contribution in [3.63, 3.8) is 0 Å². The topological polar surface area (TPSA) is 34.2 Å². The number of nitrogens with zero attached hydrogens (tertiary/aromatic N) is 1. The highest BCUT2D eigenvalue weighted by Gasteiger charge is 2.67. The molecule has 1 aromatic heterocycles. The van der Waals surface area contributed by atoms with Crippen molar-refractivity contribution in [2.45, 2.75) is 33.7 Å². The lowest BCUT2D eigenvalue weighted by atomic mass is 9.98. The Balaban J connectivity index is 2.30. The molecule has 1 aliphatic carbocycles. The van der Waals surface area contributed by atoms with E-state index < -0.39 is 0 Å². The van der Waals surface area contributed by atoms with E-state index in [4.69, 9.17) is 4.74 Å². The maximum absolute atomic E-state index is 5.26. The lowest BCUT2D eigenvalue weighted by molar-refractivity contribution is 0.405. The molecule has 2 rings (SSSR count). The number of rotatable bonds is 4. The number of ether oxygens (including phenoxy) is 1. The molecule has 0 bridgehead atoms. The zero-order valence-electron chi connectivity index (χ0n) is 12.2. The quantitative estimate of drug-likeness (QED) is 0.889. The Bertz CT molecular complexity index is 426. The first-order chi connectivity index (χ1) is 8.36.